The second-order valence-corrected chi connectivity index (χ2v) is 4.56. The number of aliphatic hydroxyl groups is 1. The van der Waals surface area contributed by atoms with E-state index >= 15 is 0 Å². The first-order chi connectivity index (χ1) is 10.3. The van der Waals surface area contributed by atoms with Crippen molar-refractivity contribution >= 4 is 11.8 Å². The number of rotatable bonds is 6. The molecule has 1 atom stereocenters. The van der Waals surface area contributed by atoms with E-state index < -0.39 is 0 Å². The van der Waals surface area contributed by atoms with E-state index in [0.29, 0.717) is 18.8 Å². The van der Waals surface area contributed by atoms with Crippen molar-refractivity contribution in [1.82, 2.24) is 15.5 Å². The fourth-order valence-electron chi connectivity index (χ4n) is 2.01. The maximum absolute atomic E-state index is 11.8. The predicted molar refractivity (Wildman–Crippen MR) is 79.9 cm³/mol. The highest BCUT2D eigenvalue weighted by molar-refractivity contribution is 5.88. The van der Waals surface area contributed by atoms with Crippen molar-refractivity contribution in [2.24, 2.45) is 0 Å². The fourth-order valence-corrected chi connectivity index (χ4v) is 2.01. The number of benzene rings is 1. The number of anilines is 1. The van der Waals surface area contributed by atoms with Gasteiger partial charge in [0.15, 0.2) is 5.82 Å². The van der Waals surface area contributed by atoms with Gasteiger partial charge in [0.05, 0.1) is 0 Å². The maximum atomic E-state index is 11.8. The van der Waals surface area contributed by atoms with Crippen molar-refractivity contribution in [3.8, 4) is 0 Å². The minimum atomic E-state index is -0.339. The van der Waals surface area contributed by atoms with Crippen LogP contribution in [-0.2, 0) is 0 Å². The van der Waals surface area contributed by atoms with Gasteiger partial charge in [-0.25, -0.2) is 4.79 Å². The molecule has 0 aliphatic rings. The number of hydrogen-bond acceptors (Lipinski definition) is 4. The molecule has 0 fully saturated rings. The van der Waals surface area contributed by atoms with E-state index in [-0.39, 0.29) is 18.6 Å². The summed E-state index contributed by atoms with van der Waals surface area (Å²) in [6.45, 7) is 0.518. The van der Waals surface area contributed by atoms with Gasteiger partial charge in [-0.2, -0.15) is 5.10 Å². The number of hydrogen-bond donors (Lipinski definition) is 3. The molecule has 0 saturated carbocycles. The molecule has 2 amide bonds. The first-order valence-corrected chi connectivity index (χ1v) is 6.78. The highest BCUT2D eigenvalue weighted by Gasteiger charge is 2.12. The average Bonchev–Trinajstić information content (AvgIpc) is 2.53. The smallest absolute Gasteiger partial charge is 0.320 e. The molecule has 0 radical (unpaired) electrons. The Morgan fingerprint density at radius 3 is 2.67 bits per heavy atom. The molecule has 0 aliphatic heterocycles. The van der Waals surface area contributed by atoms with Crippen molar-refractivity contribution in [3.05, 3.63) is 54.2 Å². The molecule has 6 heteroatoms. The molecule has 2 rings (SSSR count). The summed E-state index contributed by atoms with van der Waals surface area (Å²) < 4.78 is 0. The number of carbonyl (C=O) groups excluding carboxylic acids is 1. The molecule has 3 N–H and O–H groups in total. The van der Waals surface area contributed by atoms with Crippen LogP contribution in [-0.4, -0.2) is 34.5 Å². The van der Waals surface area contributed by atoms with Gasteiger partial charge in [-0.15, -0.1) is 5.10 Å². The molecule has 0 spiro atoms. The van der Waals surface area contributed by atoms with Crippen molar-refractivity contribution in [2.45, 2.75) is 12.3 Å². The molecule has 0 bridgehead atoms. The number of aromatic nitrogens is 2. The third-order valence-electron chi connectivity index (χ3n) is 3.07. The van der Waals surface area contributed by atoms with Gasteiger partial charge in [-0.05, 0) is 24.1 Å². The highest BCUT2D eigenvalue weighted by Crippen LogP contribution is 2.18. The molecule has 0 aliphatic carbocycles. The maximum Gasteiger partial charge on any atom is 0.320 e. The van der Waals surface area contributed by atoms with Crippen LogP contribution in [0.4, 0.5) is 10.6 Å². The van der Waals surface area contributed by atoms with Gasteiger partial charge in [0.25, 0.3) is 0 Å². The lowest BCUT2D eigenvalue weighted by atomic mass is 9.96. The lowest BCUT2D eigenvalue weighted by Crippen LogP contribution is -2.33. The standard InChI is InChI=1S/C15H18N4O2/c20-10-8-13(12-5-2-1-3-6-12)11-16-15(21)18-14-7-4-9-17-19-14/h1-7,9,13,20H,8,10-11H2,(H2,16,18,19,21). The van der Waals surface area contributed by atoms with Gasteiger partial charge in [0.1, 0.15) is 0 Å². The Hall–Kier alpha value is -2.47. The molecule has 1 aromatic carbocycles. The van der Waals surface area contributed by atoms with Gasteiger partial charge >= 0.3 is 6.03 Å². The van der Waals surface area contributed by atoms with Gasteiger partial charge < -0.3 is 10.4 Å². The molecule has 6 nitrogen and oxygen atoms in total. The lowest BCUT2D eigenvalue weighted by Gasteiger charge is -2.17. The summed E-state index contributed by atoms with van der Waals surface area (Å²) in [5.41, 5.74) is 1.09. The summed E-state index contributed by atoms with van der Waals surface area (Å²) in [4.78, 5) is 11.8. The van der Waals surface area contributed by atoms with E-state index in [1.54, 1.807) is 12.1 Å². The topological polar surface area (TPSA) is 87.1 Å². The summed E-state index contributed by atoms with van der Waals surface area (Å²) in [6.07, 6.45) is 2.13. The zero-order valence-corrected chi connectivity index (χ0v) is 11.6. The molecule has 1 aromatic heterocycles. The van der Waals surface area contributed by atoms with E-state index in [2.05, 4.69) is 20.8 Å². The van der Waals surface area contributed by atoms with Crippen molar-refractivity contribution in [1.29, 1.82) is 0 Å². The number of amides is 2. The van der Waals surface area contributed by atoms with Crippen LogP contribution in [0.5, 0.6) is 0 Å². The van der Waals surface area contributed by atoms with Gasteiger partial charge in [0, 0.05) is 25.3 Å². The van der Waals surface area contributed by atoms with Crippen LogP contribution in [0.2, 0.25) is 0 Å². The number of nitrogens with one attached hydrogen (secondary N) is 2. The molecule has 2 aromatic rings. The molecule has 1 unspecified atom stereocenters. The van der Waals surface area contributed by atoms with Crippen LogP contribution in [0.3, 0.4) is 0 Å². The number of carbonyl (C=O) groups is 1. The number of urea groups is 1. The van der Waals surface area contributed by atoms with Crippen LogP contribution < -0.4 is 10.6 Å². The average molecular weight is 286 g/mol. The Labute approximate surface area is 123 Å². The second kappa shape index (κ2) is 7.96. The second-order valence-electron chi connectivity index (χ2n) is 4.56. The number of nitrogens with zero attached hydrogens (tertiary/aromatic N) is 2. The van der Waals surface area contributed by atoms with E-state index in [9.17, 15) is 4.79 Å². The largest absolute Gasteiger partial charge is 0.396 e. The molecular weight excluding hydrogens is 268 g/mol. The van der Waals surface area contributed by atoms with Crippen molar-refractivity contribution in [3.63, 3.8) is 0 Å². The Bertz CT molecular complexity index is 548. The van der Waals surface area contributed by atoms with Crippen molar-refractivity contribution < 1.29 is 9.90 Å². The van der Waals surface area contributed by atoms with Gasteiger partial charge in [0.2, 0.25) is 0 Å². The lowest BCUT2D eigenvalue weighted by molar-refractivity contribution is 0.248. The van der Waals surface area contributed by atoms with E-state index in [4.69, 9.17) is 5.11 Å². The molecule has 110 valence electrons. The minimum Gasteiger partial charge on any atom is -0.396 e. The van der Waals surface area contributed by atoms with E-state index in [0.717, 1.165) is 5.56 Å². The zero-order chi connectivity index (χ0) is 14.9. The van der Waals surface area contributed by atoms with Crippen LogP contribution in [0.25, 0.3) is 0 Å². The summed E-state index contributed by atoms with van der Waals surface area (Å²) in [5.74, 6) is 0.470. The predicted octanol–water partition coefficient (Wildman–Crippen LogP) is 1.76. The van der Waals surface area contributed by atoms with E-state index in [1.807, 2.05) is 30.3 Å². The fraction of sp³-hybridized carbons (Fsp3) is 0.267. The summed E-state index contributed by atoms with van der Waals surface area (Å²) >= 11 is 0. The minimum absolute atomic E-state index is 0.0730. The van der Waals surface area contributed by atoms with E-state index in [1.165, 1.54) is 6.20 Å². The summed E-state index contributed by atoms with van der Waals surface area (Å²) in [6, 6.07) is 12.8. The Morgan fingerprint density at radius 1 is 1.19 bits per heavy atom. The summed E-state index contributed by atoms with van der Waals surface area (Å²) in [7, 11) is 0. The highest BCUT2D eigenvalue weighted by atomic mass is 16.3. The SMILES string of the molecule is O=C(NCC(CCO)c1ccccc1)Nc1cccnn1. The Morgan fingerprint density at radius 2 is 2.00 bits per heavy atom. The number of aliphatic hydroxyl groups excluding tert-OH is 1. The van der Waals surface area contributed by atoms with Crippen molar-refractivity contribution in [2.75, 3.05) is 18.5 Å². The van der Waals surface area contributed by atoms with Crippen LogP contribution >= 0.6 is 0 Å². The Balaban J connectivity index is 1.88. The van der Waals surface area contributed by atoms with Crippen LogP contribution in [0, 0.1) is 0 Å². The van der Waals surface area contributed by atoms with Crippen LogP contribution in [0.1, 0.15) is 17.9 Å². The van der Waals surface area contributed by atoms with Gasteiger partial charge in [-0.1, -0.05) is 30.3 Å². The van der Waals surface area contributed by atoms with Crippen LogP contribution in [0.15, 0.2) is 48.7 Å². The first kappa shape index (κ1) is 14.9. The monoisotopic (exact) mass is 286 g/mol. The normalized spacial score (nSPS) is 11.7. The zero-order valence-electron chi connectivity index (χ0n) is 11.6. The Kier molecular flexibility index (Phi) is 5.66. The molecule has 21 heavy (non-hydrogen) atoms. The first-order valence-electron chi connectivity index (χ1n) is 6.78. The third kappa shape index (κ3) is 4.85. The third-order valence-corrected chi connectivity index (χ3v) is 3.07. The van der Waals surface area contributed by atoms with Gasteiger partial charge in [-0.3, -0.25) is 5.32 Å². The quantitative estimate of drug-likeness (QED) is 0.755. The molecule has 1 heterocycles. The summed E-state index contributed by atoms with van der Waals surface area (Å²) in [5, 5.41) is 22.0. The molecule has 0 saturated heterocycles. The molecular formula is C15H18N4O2.